The third-order valence-corrected chi connectivity index (χ3v) is 3.03. The summed E-state index contributed by atoms with van der Waals surface area (Å²) in [6.07, 6.45) is 2.28. The minimum atomic E-state index is 0.975. The van der Waals surface area contributed by atoms with Gasteiger partial charge in [-0.3, -0.25) is 0 Å². The van der Waals surface area contributed by atoms with E-state index in [1.807, 2.05) is 6.07 Å². The van der Waals surface area contributed by atoms with E-state index in [0.717, 1.165) is 50.7 Å². The highest BCUT2D eigenvalue weighted by Gasteiger charge is 2.06. The third kappa shape index (κ3) is 5.92. The molecule has 1 heterocycles. The minimum Gasteiger partial charge on any atom is -0.370 e. The second-order valence-corrected chi connectivity index (χ2v) is 5.04. The van der Waals surface area contributed by atoms with Crippen LogP contribution in [0.3, 0.4) is 0 Å². The highest BCUT2D eigenvalue weighted by Crippen LogP contribution is 2.14. The van der Waals surface area contributed by atoms with E-state index in [1.165, 1.54) is 0 Å². The van der Waals surface area contributed by atoms with Gasteiger partial charge in [-0.2, -0.15) is 0 Å². The first-order valence-corrected chi connectivity index (χ1v) is 7.28. The van der Waals surface area contributed by atoms with Gasteiger partial charge in [0.1, 0.15) is 11.6 Å². The maximum Gasteiger partial charge on any atom is 0.130 e. The summed E-state index contributed by atoms with van der Waals surface area (Å²) in [6, 6.07) is 6.21. The predicted octanol–water partition coefficient (Wildman–Crippen LogP) is 2.68. The Kier molecular flexibility index (Phi) is 7.26. The summed E-state index contributed by atoms with van der Waals surface area (Å²) >= 11 is 0. The summed E-state index contributed by atoms with van der Waals surface area (Å²) in [6.45, 7) is 8.49. The molecule has 4 nitrogen and oxygen atoms in total. The topological polar surface area (TPSA) is 31.4 Å². The Morgan fingerprint density at radius 2 is 1.95 bits per heavy atom. The molecule has 1 rings (SSSR count). The van der Waals surface area contributed by atoms with E-state index >= 15 is 0 Å². The van der Waals surface area contributed by atoms with Crippen LogP contribution in [0.4, 0.5) is 11.6 Å². The van der Waals surface area contributed by atoms with E-state index in [2.05, 4.69) is 60.2 Å². The Labute approximate surface area is 117 Å². The van der Waals surface area contributed by atoms with Crippen LogP contribution >= 0.6 is 0 Å². The van der Waals surface area contributed by atoms with Crippen molar-refractivity contribution in [3.05, 3.63) is 18.2 Å². The molecule has 0 atom stereocenters. The van der Waals surface area contributed by atoms with Gasteiger partial charge in [0.05, 0.1) is 0 Å². The Morgan fingerprint density at radius 3 is 2.58 bits per heavy atom. The fraction of sp³-hybridized carbons (Fsp3) is 0.667. The van der Waals surface area contributed by atoms with Gasteiger partial charge in [-0.25, -0.2) is 4.98 Å². The standard InChI is InChI=1S/C15H28N4/c1-5-11-16-14-9-7-10-15(17-14)19(6-2)13-8-12-18(3)4/h7,9-10H,5-6,8,11-13H2,1-4H3,(H,16,17). The molecule has 0 unspecified atom stereocenters. The zero-order valence-electron chi connectivity index (χ0n) is 12.8. The van der Waals surface area contributed by atoms with Crippen molar-refractivity contribution in [1.82, 2.24) is 9.88 Å². The number of nitrogens with one attached hydrogen (secondary N) is 1. The fourth-order valence-electron chi connectivity index (χ4n) is 1.96. The monoisotopic (exact) mass is 264 g/mol. The van der Waals surface area contributed by atoms with Gasteiger partial charge in [0, 0.05) is 19.6 Å². The highest BCUT2D eigenvalue weighted by molar-refractivity contribution is 5.46. The van der Waals surface area contributed by atoms with Gasteiger partial charge in [-0.1, -0.05) is 13.0 Å². The average molecular weight is 264 g/mol. The van der Waals surface area contributed by atoms with Crippen molar-refractivity contribution in [2.45, 2.75) is 26.7 Å². The molecular weight excluding hydrogens is 236 g/mol. The normalized spacial score (nSPS) is 10.8. The molecule has 4 heteroatoms. The van der Waals surface area contributed by atoms with E-state index < -0.39 is 0 Å². The Balaban J connectivity index is 2.58. The van der Waals surface area contributed by atoms with Crippen LogP contribution in [-0.4, -0.2) is 50.2 Å². The van der Waals surface area contributed by atoms with E-state index in [-0.39, 0.29) is 0 Å². The molecule has 0 amide bonds. The number of nitrogens with zero attached hydrogens (tertiary/aromatic N) is 3. The first kappa shape index (κ1) is 15.8. The molecule has 0 bridgehead atoms. The Morgan fingerprint density at radius 1 is 1.16 bits per heavy atom. The summed E-state index contributed by atoms with van der Waals surface area (Å²) in [5.41, 5.74) is 0. The average Bonchev–Trinajstić information content (AvgIpc) is 2.41. The van der Waals surface area contributed by atoms with Gasteiger partial charge in [-0.05, 0) is 52.5 Å². The molecule has 0 saturated carbocycles. The van der Waals surface area contributed by atoms with Gasteiger partial charge in [-0.15, -0.1) is 0 Å². The zero-order valence-corrected chi connectivity index (χ0v) is 12.8. The van der Waals surface area contributed by atoms with Crippen LogP contribution in [-0.2, 0) is 0 Å². The number of hydrogen-bond acceptors (Lipinski definition) is 4. The molecule has 0 fully saturated rings. The van der Waals surface area contributed by atoms with Gasteiger partial charge in [0.25, 0.3) is 0 Å². The number of pyridine rings is 1. The molecule has 0 radical (unpaired) electrons. The molecule has 1 N–H and O–H groups in total. The molecule has 0 spiro atoms. The van der Waals surface area contributed by atoms with E-state index in [1.54, 1.807) is 0 Å². The highest BCUT2D eigenvalue weighted by atomic mass is 15.2. The predicted molar refractivity (Wildman–Crippen MR) is 84.1 cm³/mol. The lowest BCUT2D eigenvalue weighted by Gasteiger charge is -2.23. The summed E-state index contributed by atoms with van der Waals surface area (Å²) < 4.78 is 0. The van der Waals surface area contributed by atoms with Crippen LogP contribution in [0.1, 0.15) is 26.7 Å². The molecule has 108 valence electrons. The molecule has 1 aromatic rings. The molecule has 0 saturated heterocycles. The number of aromatic nitrogens is 1. The first-order valence-electron chi connectivity index (χ1n) is 7.28. The Bertz CT molecular complexity index is 352. The smallest absolute Gasteiger partial charge is 0.130 e. The van der Waals surface area contributed by atoms with E-state index in [0.29, 0.717) is 0 Å². The fourth-order valence-corrected chi connectivity index (χ4v) is 1.96. The number of anilines is 2. The zero-order chi connectivity index (χ0) is 14.1. The van der Waals surface area contributed by atoms with Crippen LogP contribution in [0.15, 0.2) is 18.2 Å². The number of hydrogen-bond donors (Lipinski definition) is 1. The van der Waals surface area contributed by atoms with Gasteiger partial charge in [0.2, 0.25) is 0 Å². The van der Waals surface area contributed by atoms with Crippen molar-refractivity contribution in [2.75, 3.05) is 50.5 Å². The lowest BCUT2D eigenvalue weighted by atomic mass is 10.3. The molecule has 0 aliphatic rings. The van der Waals surface area contributed by atoms with Crippen molar-refractivity contribution in [1.29, 1.82) is 0 Å². The summed E-state index contributed by atoms with van der Waals surface area (Å²) in [5, 5.41) is 3.34. The quantitative estimate of drug-likeness (QED) is 0.743. The maximum absolute atomic E-state index is 4.68. The second kappa shape index (κ2) is 8.75. The second-order valence-electron chi connectivity index (χ2n) is 5.04. The van der Waals surface area contributed by atoms with Crippen LogP contribution in [0.2, 0.25) is 0 Å². The van der Waals surface area contributed by atoms with Crippen LogP contribution in [0.5, 0.6) is 0 Å². The van der Waals surface area contributed by atoms with Crippen LogP contribution < -0.4 is 10.2 Å². The lowest BCUT2D eigenvalue weighted by molar-refractivity contribution is 0.400. The molecule has 19 heavy (non-hydrogen) atoms. The van der Waals surface area contributed by atoms with Crippen molar-refractivity contribution in [3.63, 3.8) is 0 Å². The molecule has 0 aliphatic carbocycles. The van der Waals surface area contributed by atoms with E-state index in [9.17, 15) is 0 Å². The Hall–Kier alpha value is -1.29. The summed E-state index contributed by atoms with van der Waals surface area (Å²) in [4.78, 5) is 9.24. The van der Waals surface area contributed by atoms with Crippen molar-refractivity contribution in [3.8, 4) is 0 Å². The van der Waals surface area contributed by atoms with Gasteiger partial charge >= 0.3 is 0 Å². The van der Waals surface area contributed by atoms with Crippen molar-refractivity contribution in [2.24, 2.45) is 0 Å². The molecule has 1 aromatic heterocycles. The molecular formula is C15H28N4. The SMILES string of the molecule is CCCNc1cccc(N(CC)CCCN(C)C)n1. The van der Waals surface area contributed by atoms with Gasteiger partial charge < -0.3 is 15.1 Å². The third-order valence-electron chi connectivity index (χ3n) is 3.03. The van der Waals surface area contributed by atoms with Crippen LogP contribution in [0.25, 0.3) is 0 Å². The maximum atomic E-state index is 4.68. The molecule has 0 aromatic carbocycles. The van der Waals surface area contributed by atoms with Crippen molar-refractivity contribution >= 4 is 11.6 Å². The first-order chi connectivity index (χ1) is 9.17. The van der Waals surface area contributed by atoms with Crippen LogP contribution in [0, 0.1) is 0 Å². The number of rotatable bonds is 9. The molecule has 0 aliphatic heterocycles. The lowest BCUT2D eigenvalue weighted by Crippen LogP contribution is -2.27. The van der Waals surface area contributed by atoms with Crippen molar-refractivity contribution < 1.29 is 0 Å². The summed E-state index contributed by atoms with van der Waals surface area (Å²) in [7, 11) is 4.23. The summed E-state index contributed by atoms with van der Waals surface area (Å²) in [5.74, 6) is 2.05. The largest absolute Gasteiger partial charge is 0.370 e. The minimum absolute atomic E-state index is 0.975. The van der Waals surface area contributed by atoms with E-state index in [4.69, 9.17) is 0 Å². The van der Waals surface area contributed by atoms with Gasteiger partial charge in [0.15, 0.2) is 0 Å².